The Balaban J connectivity index is 2.01. The molecule has 1 amide bonds. The van der Waals surface area contributed by atoms with Gasteiger partial charge in [-0.3, -0.25) is 9.48 Å². The number of carbonyl (C=O) groups is 2. The highest BCUT2D eigenvalue weighted by molar-refractivity contribution is 5.87. The zero-order chi connectivity index (χ0) is 17.1. The van der Waals surface area contributed by atoms with Crippen LogP contribution in [0.3, 0.4) is 0 Å². The molecule has 2 aromatic rings. The lowest BCUT2D eigenvalue weighted by molar-refractivity contribution is -0.124. The maximum atomic E-state index is 12.3. The average molecular weight is 319 g/mol. The third-order valence-electron chi connectivity index (χ3n) is 3.57. The van der Waals surface area contributed by atoms with E-state index in [4.69, 9.17) is 5.11 Å². The van der Waals surface area contributed by atoms with E-state index in [9.17, 15) is 9.59 Å². The van der Waals surface area contributed by atoms with Gasteiger partial charge in [-0.2, -0.15) is 10.2 Å². The van der Waals surface area contributed by atoms with Crippen LogP contribution in [0, 0.1) is 13.8 Å². The van der Waals surface area contributed by atoms with Gasteiger partial charge in [-0.1, -0.05) is 0 Å². The average Bonchev–Trinajstić information content (AvgIpc) is 3.05. The zero-order valence-electron chi connectivity index (χ0n) is 13.6. The fourth-order valence-electron chi connectivity index (χ4n) is 2.43. The van der Waals surface area contributed by atoms with Crippen LogP contribution >= 0.6 is 0 Å². The third-order valence-corrected chi connectivity index (χ3v) is 3.57. The van der Waals surface area contributed by atoms with Gasteiger partial charge in [0, 0.05) is 17.9 Å². The largest absolute Gasteiger partial charge is 0.477 e. The Morgan fingerprint density at radius 2 is 2.04 bits per heavy atom. The maximum absolute atomic E-state index is 12.3. The molecule has 2 atom stereocenters. The Morgan fingerprint density at radius 1 is 1.35 bits per heavy atom. The minimum absolute atomic E-state index is 0.0150. The first kappa shape index (κ1) is 16.7. The molecule has 124 valence electrons. The topological polar surface area (TPSA) is 102 Å². The first-order valence-corrected chi connectivity index (χ1v) is 7.37. The smallest absolute Gasteiger partial charge is 0.354 e. The van der Waals surface area contributed by atoms with Crippen LogP contribution in [0.4, 0.5) is 0 Å². The summed E-state index contributed by atoms with van der Waals surface area (Å²) in [7, 11) is 0. The molecular weight excluding hydrogens is 298 g/mol. The van der Waals surface area contributed by atoms with Crippen molar-refractivity contribution in [1.29, 1.82) is 0 Å². The summed E-state index contributed by atoms with van der Waals surface area (Å²) in [4.78, 5) is 23.4. The van der Waals surface area contributed by atoms with Crippen LogP contribution in [0.15, 0.2) is 18.3 Å². The highest BCUT2D eigenvalue weighted by atomic mass is 16.4. The molecule has 0 fully saturated rings. The van der Waals surface area contributed by atoms with Crippen LogP contribution < -0.4 is 5.32 Å². The lowest BCUT2D eigenvalue weighted by Gasteiger charge is -2.19. The number of carbonyl (C=O) groups excluding carboxylic acids is 1. The molecule has 2 unspecified atom stereocenters. The molecule has 2 rings (SSSR count). The number of carboxylic acid groups (broad SMARTS) is 1. The fourth-order valence-corrected chi connectivity index (χ4v) is 2.43. The maximum Gasteiger partial charge on any atom is 0.354 e. The lowest BCUT2D eigenvalue weighted by Crippen LogP contribution is -2.40. The summed E-state index contributed by atoms with van der Waals surface area (Å²) in [5, 5.41) is 20.2. The van der Waals surface area contributed by atoms with Gasteiger partial charge in [0.1, 0.15) is 11.7 Å². The van der Waals surface area contributed by atoms with E-state index >= 15 is 0 Å². The van der Waals surface area contributed by atoms with Crippen molar-refractivity contribution in [2.45, 2.75) is 46.3 Å². The first-order chi connectivity index (χ1) is 10.8. The van der Waals surface area contributed by atoms with Gasteiger partial charge in [-0.15, -0.1) is 0 Å². The molecule has 0 aliphatic carbocycles. The number of aryl methyl sites for hydroxylation is 2. The SMILES string of the molecule is Cc1cc(C)n(CC(C)NC(=O)C(C)n2nccc2C(=O)O)n1. The molecule has 2 aromatic heterocycles. The van der Waals surface area contributed by atoms with E-state index in [0.29, 0.717) is 6.54 Å². The molecule has 2 N–H and O–H groups in total. The van der Waals surface area contributed by atoms with Crippen molar-refractivity contribution >= 4 is 11.9 Å². The Morgan fingerprint density at radius 3 is 2.61 bits per heavy atom. The number of aromatic nitrogens is 4. The molecule has 0 aliphatic heterocycles. The zero-order valence-corrected chi connectivity index (χ0v) is 13.6. The van der Waals surface area contributed by atoms with E-state index < -0.39 is 12.0 Å². The molecular formula is C15H21N5O3. The van der Waals surface area contributed by atoms with E-state index in [1.54, 1.807) is 6.92 Å². The number of hydrogen-bond donors (Lipinski definition) is 2. The second-order valence-corrected chi connectivity index (χ2v) is 5.66. The molecule has 8 heteroatoms. The second kappa shape index (κ2) is 6.64. The van der Waals surface area contributed by atoms with Crippen molar-refractivity contribution < 1.29 is 14.7 Å². The van der Waals surface area contributed by atoms with E-state index in [0.717, 1.165) is 11.4 Å². The summed E-state index contributed by atoms with van der Waals surface area (Å²) in [6.07, 6.45) is 1.37. The molecule has 0 bridgehead atoms. The second-order valence-electron chi connectivity index (χ2n) is 5.66. The first-order valence-electron chi connectivity index (χ1n) is 7.37. The summed E-state index contributed by atoms with van der Waals surface area (Å²) in [5.41, 5.74) is 1.94. The minimum Gasteiger partial charge on any atom is -0.477 e. The molecule has 0 radical (unpaired) electrons. The summed E-state index contributed by atoms with van der Waals surface area (Å²) >= 11 is 0. The fraction of sp³-hybridized carbons (Fsp3) is 0.467. The van der Waals surface area contributed by atoms with Gasteiger partial charge in [0.05, 0.1) is 12.2 Å². The Kier molecular flexibility index (Phi) is 4.83. The van der Waals surface area contributed by atoms with Crippen molar-refractivity contribution in [1.82, 2.24) is 24.9 Å². The van der Waals surface area contributed by atoms with Gasteiger partial charge in [0.15, 0.2) is 0 Å². The van der Waals surface area contributed by atoms with Gasteiger partial charge in [0.25, 0.3) is 0 Å². The number of carboxylic acids is 1. The van der Waals surface area contributed by atoms with Crippen molar-refractivity contribution in [2.24, 2.45) is 0 Å². The van der Waals surface area contributed by atoms with Crippen LogP contribution in [0.2, 0.25) is 0 Å². The van der Waals surface area contributed by atoms with Crippen LogP contribution in [0.1, 0.15) is 41.8 Å². The normalized spacial score (nSPS) is 13.6. The Labute approximate surface area is 134 Å². The minimum atomic E-state index is -1.11. The summed E-state index contributed by atoms with van der Waals surface area (Å²) in [6, 6.07) is 2.48. The number of amides is 1. The molecule has 8 nitrogen and oxygen atoms in total. The number of hydrogen-bond acceptors (Lipinski definition) is 4. The highest BCUT2D eigenvalue weighted by Gasteiger charge is 2.22. The molecule has 0 saturated heterocycles. The summed E-state index contributed by atoms with van der Waals surface area (Å²) < 4.78 is 3.04. The Hall–Kier alpha value is -2.64. The molecule has 23 heavy (non-hydrogen) atoms. The summed E-state index contributed by atoms with van der Waals surface area (Å²) in [6.45, 7) is 7.91. The van der Waals surface area contributed by atoms with Gasteiger partial charge in [-0.05, 0) is 39.8 Å². The van der Waals surface area contributed by atoms with Gasteiger partial charge in [-0.25, -0.2) is 9.48 Å². The van der Waals surface area contributed by atoms with Gasteiger partial charge in [0.2, 0.25) is 5.91 Å². The number of aromatic carboxylic acids is 1. The third kappa shape index (κ3) is 3.77. The standard InChI is InChI=1S/C15H21N5O3/c1-9-7-11(3)19(18-9)8-10(2)17-14(21)12(4)20-13(15(22)23)5-6-16-20/h5-7,10,12H,8H2,1-4H3,(H,17,21)(H,22,23). The monoisotopic (exact) mass is 319 g/mol. The summed E-state index contributed by atoms with van der Waals surface area (Å²) in [5.74, 6) is -1.40. The van der Waals surface area contributed by atoms with Crippen LogP contribution in [0.5, 0.6) is 0 Å². The predicted molar refractivity (Wildman–Crippen MR) is 83.2 cm³/mol. The molecule has 0 aromatic carbocycles. The molecule has 2 heterocycles. The van der Waals surface area contributed by atoms with E-state index in [2.05, 4.69) is 15.5 Å². The van der Waals surface area contributed by atoms with Crippen LogP contribution in [0.25, 0.3) is 0 Å². The van der Waals surface area contributed by atoms with Gasteiger partial charge < -0.3 is 10.4 Å². The van der Waals surface area contributed by atoms with E-state index in [-0.39, 0.29) is 17.6 Å². The van der Waals surface area contributed by atoms with Crippen molar-refractivity contribution in [2.75, 3.05) is 0 Å². The lowest BCUT2D eigenvalue weighted by atomic mass is 10.2. The molecule has 0 spiro atoms. The van der Waals surface area contributed by atoms with Crippen molar-refractivity contribution in [3.05, 3.63) is 35.4 Å². The number of nitrogens with zero attached hydrogens (tertiary/aromatic N) is 4. The molecule has 0 aliphatic rings. The van der Waals surface area contributed by atoms with Crippen molar-refractivity contribution in [3.63, 3.8) is 0 Å². The van der Waals surface area contributed by atoms with Crippen LogP contribution in [-0.2, 0) is 11.3 Å². The van der Waals surface area contributed by atoms with Crippen molar-refractivity contribution in [3.8, 4) is 0 Å². The highest BCUT2D eigenvalue weighted by Crippen LogP contribution is 2.10. The Bertz CT molecular complexity index is 719. The van der Waals surface area contributed by atoms with Crippen LogP contribution in [-0.4, -0.2) is 42.6 Å². The van der Waals surface area contributed by atoms with E-state index in [1.807, 2.05) is 31.5 Å². The van der Waals surface area contributed by atoms with E-state index in [1.165, 1.54) is 16.9 Å². The quantitative estimate of drug-likeness (QED) is 0.832. The number of nitrogens with one attached hydrogen (secondary N) is 1. The predicted octanol–water partition coefficient (Wildman–Crippen LogP) is 1.16. The number of rotatable bonds is 6. The van der Waals surface area contributed by atoms with Gasteiger partial charge >= 0.3 is 5.97 Å². The molecule has 0 saturated carbocycles.